The van der Waals surface area contributed by atoms with Crippen molar-refractivity contribution in [3.8, 4) is 0 Å². The molecule has 1 aliphatic rings. The maximum Gasteiger partial charge on any atom is 0.309 e. The molecule has 110 valence electrons. The Bertz CT molecular complexity index is 653. The second kappa shape index (κ2) is 5.68. The Labute approximate surface area is 122 Å². The summed E-state index contributed by atoms with van der Waals surface area (Å²) in [4.78, 5) is 16.0. The Morgan fingerprint density at radius 2 is 2.38 bits per heavy atom. The molecule has 0 N–H and O–H groups in total. The van der Waals surface area contributed by atoms with Crippen molar-refractivity contribution in [3.05, 3.63) is 53.9 Å². The number of nitrogens with zero attached hydrogens (tertiary/aromatic N) is 2. The van der Waals surface area contributed by atoms with E-state index in [9.17, 15) is 9.18 Å². The molecular weight excluding hydrogens is 271 g/mol. The lowest BCUT2D eigenvalue weighted by molar-refractivity contribution is -0.145. The molecule has 1 fully saturated rings. The monoisotopic (exact) mass is 288 g/mol. The van der Waals surface area contributed by atoms with Crippen LogP contribution in [0.25, 0.3) is 0 Å². The lowest BCUT2D eigenvalue weighted by Crippen LogP contribution is -2.11. The minimum Gasteiger partial charge on any atom is -0.465 e. The molecule has 1 aromatic carbocycles. The summed E-state index contributed by atoms with van der Waals surface area (Å²) in [6, 6.07) is 6.44. The average molecular weight is 288 g/mol. The Hall–Kier alpha value is -2.17. The highest BCUT2D eigenvalue weighted by atomic mass is 19.1. The van der Waals surface area contributed by atoms with Crippen LogP contribution in [-0.2, 0) is 23.0 Å². The number of esters is 1. The van der Waals surface area contributed by atoms with E-state index >= 15 is 0 Å². The van der Waals surface area contributed by atoms with Gasteiger partial charge in [-0.3, -0.25) is 4.79 Å². The third kappa shape index (κ3) is 3.12. The number of aromatic nitrogens is 2. The van der Waals surface area contributed by atoms with Crippen molar-refractivity contribution in [3.63, 3.8) is 0 Å². The second-order valence-electron chi connectivity index (χ2n) is 5.42. The predicted molar refractivity (Wildman–Crippen MR) is 75.1 cm³/mol. The van der Waals surface area contributed by atoms with Gasteiger partial charge in [0.05, 0.1) is 18.9 Å². The molecule has 0 aliphatic heterocycles. The highest BCUT2D eigenvalue weighted by molar-refractivity contribution is 5.77. The third-order valence-corrected chi connectivity index (χ3v) is 3.89. The van der Waals surface area contributed by atoms with E-state index in [4.69, 9.17) is 4.74 Å². The normalized spacial score (nSPS) is 20.3. The molecule has 5 heteroatoms. The van der Waals surface area contributed by atoms with Gasteiger partial charge in [0.15, 0.2) is 0 Å². The second-order valence-corrected chi connectivity index (χ2v) is 5.42. The molecule has 21 heavy (non-hydrogen) atoms. The maximum absolute atomic E-state index is 13.2. The standard InChI is InChI=1S/C16H17FN2O2/c1-19-10-18-9-13(19)5-6-21-16(20)15-8-14(15)11-3-2-4-12(17)7-11/h2-4,7,9-10,14-15H,5-6,8H2,1H3/t14-,15+/m1/s1. The van der Waals surface area contributed by atoms with Crippen LogP contribution < -0.4 is 0 Å². The van der Waals surface area contributed by atoms with E-state index < -0.39 is 0 Å². The molecule has 0 bridgehead atoms. The van der Waals surface area contributed by atoms with E-state index in [1.54, 1.807) is 18.6 Å². The summed E-state index contributed by atoms with van der Waals surface area (Å²) in [7, 11) is 1.91. The number of aryl methyl sites for hydroxylation is 1. The fourth-order valence-corrected chi connectivity index (χ4v) is 2.55. The lowest BCUT2D eigenvalue weighted by atomic mass is 10.1. The first-order chi connectivity index (χ1) is 10.1. The molecule has 0 unspecified atom stereocenters. The summed E-state index contributed by atoms with van der Waals surface area (Å²) in [5, 5.41) is 0. The highest BCUT2D eigenvalue weighted by Gasteiger charge is 2.45. The van der Waals surface area contributed by atoms with Gasteiger partial charge in [-0.05, 0) is 30.0 Å². The van der Waals surface area contributed by atoms with Crippen LogP contribution in [0.2, 0.25) is 0 Å². The summed E-state index contributed by atoms with van der Waals surface area (Å²) in [6.07, 6.45) is 4.88. The number of carbonyl (C=O) groups excluding carboxylic acids is 1. The first-order valence-electron chi connectivity index (χ1n) is 7.02. The number of halogens is 1. The van der Waals surface area contributed by atoms with Crippen molar-refractivity contribution in [1.29, 1.82) is 0 Å². The van der Waals surface area contributed by atoms with E-state index in [0.717, 1.165) is 17.7 Å². The van der Waals surface area contributed by atoms with Crippen molar-refractivity contribution in [2.45, 2.75) is 18.8 Å². The fraction of sp³-hybridized carbons (Fsp3) is 0.375. The van der Waals surface area contributed by atoms with Crippen LogP contribution in [0.3, 0.4) is 0 Å². The van der Waals surface area contributed by atoms with Crippen LogP contribution in [0, 0.1) is 11.7 Å². The zero-order valence-electron chi connectivity index (χ0n) is 11.8. The number of benzene rings is 1. The zero-order chi connectivity index (χ0) is 14.8. The predicted octanol–water partition coefficient (Wildman–Crippen LogP) is 2.45. The van der Waals surface area contributed by atoms with Crippen molar-refractivity contribution in [2.24, 2.45) is 13.0 Å². The van der Waals surface area contributed by atoms with E-state index in [2.05, 4.69) is 4.98 Å². The summed E-state index contributed by atoms with van der Waals surface area (Å²) in [6.45, 7) is 0.352. The van der Waals surface area contributed by atoms with Gasteiger partial charge in [0.25, 0.3) is 0 Å². The number of rotatable bonds is 5. The first kappa shape index (κ1) is 13.8. The van der Waals surface area contributed by atoms with Gasteiger partial charge >= 0.3 is 5.97 Å². The first-order valence-corrected chi connectivity index (χ1v) is 7.02. The molecule has 2 atom stereocenters. The summed E-state index contributed by atoms with van der Waals surface area (Å²) in [5.74, 6) is -0.475. The van der Waals surface area contributed by atoms with Gasteiger partial charge in [0, 0.05) is 25.4 Å². The Balaban J connectivity index is 1.48. The molecule has 4 nitrogen and oxygen atoms in total. The van der Waals surface area contributed by atoms with Gasteiger partial charge < -0.3 is 9.30 Å². The van der Waals surface area contributed by atoms with Crippen molar-refractivity contribution < 1.29 is 13.9 Å². The number of imidazole rings is 1. The molecule has 2 aromatic rings. The Morgan fingerprint density at radius 1 is 1.52 bits per heavy atom. The quantitative estimate of drug-likeness (QED) is 0.794. The maximum atomic E-state index is 13.2. The van der Waals surface area contributed by atoms with Gasteiger partial charge in [-0.25, -0.2) is 9.37 Å². The van der Waals surface area contributed by atoms with Crippen molar-refractivity contribution in [2.75, 3.05) is 6.61 Å². The van der Waals surface area contributed by atoms with Crippen LogP contribution >= 0.6 is 0 Å². The van der Waals surface area contributed by atoms with Crippen LogP contribution in [0.5, 0.6) is 0 Å². The highest BCUT2D eigenvalue weighted by Crippen LogP contribution is 2.48. The van der Waals surface area contributed by atoms with E-state index in [-0.39, 0.29) is 23.6 Å². The molecular formula is C16H17FN2O2. The largest absolute Gasteiger partial charge is 0.465 e. The molecule has 0 amide bonds. The van der Waals surface area contributed by atoms with E-state index in [1.165, 1.54) is 12.1 Å². The van der Waals surface area contributed by atoms with Gasteiger partial charge in [-0.15, -0.1) is 0 Å². The van der Waals surface area contributed by atoms with Crippen LogP contribution in [0.1, 0.15) is 23.6 Å². The van der Waals surface area contributed by atoms with Gasteiger partial charge in [-0.1, -0.05) is 12.1 Å². The minimum atomic E-state index is -0.261. The van der Waals surface area contributed by atoms with Gasteiger partial charge in [0.1, 0.15) is 5.82 Å². The van der Waals surface area contributed by atoms with E-state index in [1.807, 2.05) is 17.7 Å². The lowest BCUT2D eigenvalue weighted by Gasteiger charge is -2.05. The van der Waals surface area contributed by atoms with Gasteiger partial charge in [0.2, 0.25) is 0 Å². The topological polar surface area (TPSA) is 44.1 Å². The molecule has 1 heterocycles. The molecule has 3 rings (SSSR count). The number of ether oxygens (including phenoxy) is 1. The minimum absolute atomic E-state index is 0.102. The van der Waals surface area contributed by atoms with Crippen molar-refractivity contribution in [1.82, 2.24) is 9.55 Å². The average Bonchev–Trinajstić information content (AvgIpc) is 3.17. The van der Waals surface area contributed by atoms with Crippen molar-refractivity contribution >= 4 is 5.97 Å². The summed E-state index contributed by atoms with van der Waals surface area (Å²) < 4.78 is 20.4. The van der Waals surface area contributed by atoms with Crippen LogP contribution in [0.4, 0.5) is 4.39 Å². The number of hydrogen-bond donors (Lipinski definition) is 0. The van der Waals surface area contributed by atoms with E-state index in [0.29, 0.717) is 13.0 Å². The molecule has 0 saturated heterocycles. The molecule has 1 aliphatic carbocycles. The third-order valence-electron chi connectivity index (χ3n) is 3.89. The Kier molecular flexibility index (Phi) is 3.73. The Morgan fingerprint density at radius 3 is 3.10 bits per heavy atom. The van der Waals surface area contributed by atoms with Gasteiger partial charge in [-0.2, -0.15) is 0 Å². The van der Waals surface area contributed by atoms with Crippen LogP contribution in [0.15, 0.2) is 36.8 Å². The fourth-order valence-electron chi connectivity index (χ4n) is 2.55. The summed E-state index contributed by atoms with van der Waals surface area (Å²) in [5.41, 5.74) is 1.91. The molecule has 1 saturated carbocycles. The van der Waals surface area contributed by atoms with Crippen LogP contribution in [-0.4, -0.2) is 22.1 Å². The zero-order valence-corrected chi connectivity index (χ0v) is 11.8. The molecule has 0 spiro atoms. The smallest absolute Gasteiger partial charge is 0.309 e. The SMILES string of the molecule is Cn1cncc1CCOC(=O)[C@H]1C[C@@H]1c1cccc(F)c1. The number of carbonyl (C=O) groups is 1. The molecule has 0 radical (unpaired) electrons. The summed E-state index contributed by atoms with van der Waals surface area (Å²) >= 11 is 0. The molecule has 1 aromatic heterocycles. The number of hydrogen-bond acceptors (Lipinski definition) is 3.